The van der Waals surface area contributed by atoms with Gasteiger partial charge in [0.1, 0.15) is 5.75 Å². The molecule has 1 unspecified atom stereocenters. The topological polar surface area (TPSA) is 29.5 Å². The second-order valence-corrected chi connectivity index (χ2v) is 6.90. The summed E-state index contributed by atoms with van der Waals surface area (Å²) in [7, 11) is 1.75. The summed E-state index contributed by atoms with van der Waals surface area (Å²) < 4.78 is 5.47. The van der Waals surface area contributed by atoms with E-state index < -0.39 is 0 Å². The van der Waals surface area contributed by atoms with Crippen LogP contribution in [0.5, 0.6) is 5.75 Å². The molecule has 1 saturated heterocycles. The number of carbonyl (C=O) groups is 1. The maximum atomic E-state index is 11.5. The summed E-state index contributed by atoms with van der Waals surface area (Å²) in [6.07, 6.45) is 8.40. The number of hydrogen-bond donors (Lipinski definition) is 0. The van der Waals surface area contributed by atoms with Crippen molar-refractivity contribution in [2.75, 3.05) is 13.7 Å². The van der Waals surface area contributed by atoms with Gasteiger partial charge >= 0.3 is 0 Å². The zero-order valence-corrected chi connectivity index (χ0v) is 12.7. The van der Waals surface area contributed by atoms with E-state index in [-0.39, 0.29) is 0 Å². The number of fused-ring (bicyclic) bond motifs is 1. The summed E-state index contributed by atoms with van der Waals surface area (Å²) in [6.45, 7) is 0.918. The van der Waals surface area contributed by atoms with E-state index in [0.29, 0.717) is 17.4 Å². The molecule has 2 aliphatic carbocycles. The molecule has 1 heterocycles. The van der Waals surface area contributed by atoms with Crippen molar-refractivity contribution in [2.45, 2.75) is 50.0 Å². The van der Waals surface area contributed by atoms with Crippen molar-refractivity contribution in [3.8, 4) is 5.75 Å². The minimum atomic E-state index is 0.296. The van der Waals surface area contributed by atoms with Gasteiger partial charge in [0, 0.05) is 18.0 Å². The molecule has 0 spiro atoms. The van der Waals surface area contributed by atoms with Crippen LogP contribution in [0.3, 0.4) is 0 Å². The average Bonchev–Trinajstić information content (AvgIpc) is 2.54. The molecule has 4 rings (SSSR count). The SMILES string of the molecule is COc1ccc2c(c1)[C@]13CCCCC1[C@@H](C2)N(C=O)CC3. The quantitative estimate of drug-likeness (QED) is 0.782. The lowest BCUT2D eigenvalue weighted by Crippen LogP contribution is -2.60. The van der Waals surface area contributed by atoms with Crippen molar-refractivity contribution in [1.29, 1.82) is 0 Å². The van der Waals surface area contributed by atoms with E-state index in [4.69, 9.17) is 4.74 Å². The third-order valence-corrected chi connectivity index (χ3v) is 6.22. The molecule has 3 atom stereocenters. The smallest absolute Gasteiger partial charge is 0.209 e. The summed E-state index contributed by atoms with van der Waals surface area (Å²) in [5.74, 6) is 1.62. The third kappa shape index (κ3) is 1.76. The number of amides is 1. The Morgan fingerprint density at radius 3 is 3.05 bits per heavy atom. The fourth-order valence-electron chi connectivity index (χ4n) is 5.27. The van der Waals surface area contributed by atoms with Gasteiger partial charge in [-0.2, -0.15) is 0 Å². The Morgan fingerprint density at radius 1 is 1.33 bits per heavy atom. The van der Waals surface area contributed by atoms with Gasteiger partial charge in [-0.1, -0.05) is 18.9 Å². The van der Waals surface area contributed by atoms with Crippen LogP contribution < -0.4 is 4.74 Å². The number of benzene rings is 1. The van der Waals surface area contributed by atoms with Crippen LogP contribution in [-0.4, -0.2) is 31.0 Å². The number of methoxy groups -OCH3 is 1. The number of hydrogen-bond acceptors (Lipinski definition) is 2. The minimum absolute atomic E-state index is 0.296. The van der Waals surface area contributed by atoms with Crippen molar-refractivity contribution in [3.63, 3.8) is 0 Å². The monoisotopic (exact) mass is 285 g/mol. The normalized spacial score (nSPS) is 33.9. The molecule has 112 valence electrons. The zero-order valence-electron chi connectivity index (χ0n) is 12.7. The Balaban J connectivity index is 1.87. The van der Waals surface area contributed by atoms with Crippen molar-refractivity contribution in [1.82, 2.24) is 4.90 Å². The van der Waals surface area contributed by atoms with E-state index in [1.807, 2.05) is 0 Å². The third-order valence-electron chi connectivity index (χ3n) is 6.22. The lowest BCUT2D eigenvalue weighted by molar-refractivity contribution is -0.126. The van der Waals surface area contributed by atoms with Crippen LogP contribution >= 0.6 is 0 Å². The molecule has 3 nitrogen and oxygen atoms in total. The molecule has 0 aromatic heterocycles. The number of rotatable bonds is 2. The Morgan fingerprint density at radius 2 is 2.24 bits per heavy atom. The number of carbonyl (C=O) groups excluding carboxylic acids is 1. The van der Waals surface area contributed by atoms with E-state index in [0.717, 1.165) is 31.5 Å². The molecule has 2 fully saturated rings. The molecule has 0 radical (unpaired) electrons. The van der Waals surface area contributed by atoms with Gasteiger partial charge in [0.05, 0.1) is 7.11 Å². The average molecular weight is 285 g/mol. The predicted molar refractivity (Wildman–Crippen MR) is 81.5 cm³/mol. The first-order valence-corrected chi connectivity index (χ1v) is 8.17. The molecular formula is C18H23NO2. The van der Waals surface area contributed by atoms with Gasteiger partial charge in [0.2, 0.25) is 6.41 Å². The summed E-state index contributed by atoms with van der Waals surface area (Å²) in [4.78, 5) is 13.5. The zero-order chi connectivity index (χ0) is 14.4. The molecule has 2 bridgehead atoms. The van der Waals surface area contributed by atoms with Gasteiger partial charge in [-0.05, 0) is 54.9 Å². The molecule has 3 heteroatoms. The number of ether oxygens (including phenoxy) is 1. The van der Waals surface area contributed by atoms with E-state index in [1.54, 1.807) is 7.11 Å². The Hall–Kier alpha value is -1.51. The molecule has 1 amide bonds. The van der Waals surface area contributed by atoms with Gasteiger partial charge < -0.3 is 9.64 Å². The predicted octanol–water partition coefficient (Wildman–Crippen LogP) is 2.91. The van der Waals surface area contributed by atoms with Crippen LogP contribution in [0.25, 0.3) is 0 Å². The Bertz CT molecular complexity index is 570. The molecule has 21 heavy (non-hydrogen) atoms. The lowest BCUT2D eigenvalue weighted by Gasteiger charge is -2.58. The molecule has 0 N–H and O–H groups in total. The highest BCUT2D eigenvalue weighted by Gasteiger charge is 2.53. The summed E-state index contributed by atoms with van der Waals surface area (Å²) in [6, 6.07) is 6.99. The molecular weight excluding hydrogens is 262 g/mol. The molecule has 1 aliphatic heterocycles. The van der Waals surface area contributed by atoms with E-state index in [9.17, 15) is 4.79 Å². The highest BCUT2D eigenvalue weighted by Crippen LogP contribution is 2.55. The van der Waals surface area contributed by atoms with Crippen LogP contribution in [0.4, 0.5) is 0 Å². The number of likely N-dealkylation sites (tertiary alicyclic amines) is 1. The number of piperidine rings is 1. The summed E-state index contributed by atoms with van der Waals surface area (Å²) in [5.41, 5.74) is 3.25. The van der Waals surface area contributed by atoms with Crippen LogP contribution in [0.15, 0.2) is 18.2 Å². The van der Waals surface area contributed by atoms with Gasteiger partial charge in [0.25, 0.3) is 0 Å². The first-order valence-electron chi connectivity index (χ1n) is 8.17. The number of nitrogens with zero attached hydrogens (tertiary/aromatic N) is 1. The molecule has 1 aromatic carbocycles. The summed E-state index contributed by atoms with van der Waals surface area (Å²) >= 11 is 0. The first kappa shape index (κ1) is 13.2. The minimum Gasteiger partial charge on any atom is -0.497 e. The van der Waals surface area contributed by atoms with E-state index in [2.05, 4.69) is 23.1 Å². The highest BCUT2D eigenvalue weighted by atomic mass is 16.5. The van der Waals surface area contributed by atoms with Crippen LogP contribution in [0.1, 0.15) is 43.2 Å². The van der Waals surface area contributed by atoms with E-state index >= 15 is 0 Å². The Labute approximate surface area is 126 Å². The Kier molecular flexibility index (Phi) is 2.98. The van der Waals surface area contributed by atoms with Crippen molar-refractivity contribution >= 4 is 6.41 Å². The second kappa shape index (κ2) is 4.75. The van der Waals surface area contributed by atoms with Gasteiger partial charge in [-0.15, -0.1) is 0 Å². The molecule has 3 aliphatic rings. The standard InChI is InChI=1S/C18H23NO2/c1-21-14-6-5-13-10-17-15-4-2-3-7-18(15,16(13)11-14)8-9-19(17)12-20/h5-6,11-12,15,17H,2-4,7-10H2,1H3/t15?,17-,18+/m1/s1. The largest absolute Gasteiger partial charge is 0.497 e. The molecule has 1 aromatic rings. The van der Waals surface area contributed by atoms with Crippen LogP contribution in [0.2, 0.25) is 0 Å². The van der Waals surface area contributed by atoms with Crippen LogP contribution in [-0.2, 0) is 16.6 Å². The van der Waals surface area contributed by atoms with Gasteiger partial charge in [-0.25, -0.2) is 0 Å². The van der Waals surface area contributed by atoms with Crippen LogP contribution in [0, 0.1) is 5.92 Å². The maximum Gasteiger partial charge on any atom is 0.209 e. The van der Waals surface area contributed by atoms with Crippen molar-refractivity contribution < 1.29 is 9.53 Å². The fraction of sp³-hybridized carbons (Fsp3) is 0.611. The summed E-state index contributed by atoms with van der Waals surface area (Å²) in [5, 5.41) is 0. The van der Waals surface area contributed by atoms with Gasteiger partial charge in [-0.3, -0.25) is 4.79 Å². The van der Waals surface area contributed by atoms with Gasteiger partial charge in [0.15, 0.2) is 0 Å². The van der Waals surface area contributed by atoms with Crippen molar-refractivity contribution in [3.05, 3.63) is 29.3 Å². The molecule has 1 saturated carbocycles. The second-order valence-electron chi connectivity index (χ2n) is 6.90. The first-order chi connectivity index (χ1) is 10.3. The highest BCUT2D eigenvalue weighted by molar-refractivity contribution is 5.52. The van der Waals surface area contributed by atoms with E-state index in [1.165, 1.54) is 36.8 Å². The maximum absolute atomic E-state index is 11.5. The lowest BCUT2D eigenvalue weighted by atomic mass is 9.52. The van der Waals surface area contributed by atoms with Crippen molar-refractivity contribution in [2.24, 2.45) is 5.92 Å². The fourth-order valence-corrected chi connectivity index (χ4v) is 5.27.